The van der Waals surface area contributed by atoms with E-state index in [9.17, 15) is 29.3 Å². The number of nitro benzene ring substituents is 1. The first-order valence-corrected chi connectivity index (χ1v) is 13.4. The number of hydrogen-bond acceptors (Lipinski definition) is 9. The van der Waals surface area contributed by atoms with Crippen LogP contribution in [-0.4, -0.2) is 77.6 Å². The van der Waals surface area contributed by atoms with Crippen LogP contribution in [0.25, 0.3) is 21.5 Å². The van der Waals surface area contributed by atoms with E-state index in [0.29, 0.717) is 64.7 Å². The molecule has 2 heterocycles. The number of nitrogens with one attached hydrogen (secondary N) is 2. The van der Waals surface area contributed by atoms with E-state index < -0.39 is 16.7 Å². The molecule has 2 aliphatic heterocycles. The zero-order valence-electron chi connectivity index (χ0n) is 22.4. The lowest BCUT2D eigenvalue weighted by molar-refractivity contribution is -0.384. The lowest BCUT2D eigenvalue weighted by Gasteiger charge is -2.27. The van der Waals surface area contributed by atoms with Crippen molar-refractivity contribution in [3.8, 4) is 0 Å². The maximum Gasteiger partial charge on any atom is 0.270 e. The first kappa shape index (κ1) is 27.0. The van der Waals surface area contributed by atoms with E-state index in [2.05, 4.69) is 10.6 Å². The van der Waals surface area contributed by atoms with Gasteiger partial charge in [0.15, 0.2) is 0 Å². The lowest BCUT2D eigenvalue weighted by atomic mass is 9.93. The summed E-state index contributed by atoms with van der Waals surface area (Å²) in [5.74, 6) is -1.74. The summed E-state index contributed by atoms with van der Waals surface area (Å²) in [7, 11) is 0. The highest BCUT2D eigenvalue weighted by atomic mass is 16.6. The van der Waals surface area contributed by atoms with Crippen molar-refractivity contribution >= 4 is 56.5 Å². The number of nitrogen functional groups attached to an aromatic ring is 1. The van der Waals surface area contributed by atoms with Gasteiger partial charge in [0.2, 0.25) is 0 Å². The Kier molecular flexibility index (Phi) is 6.85. The average molecular weight is 567 g/mol. The summed E-state index contributed by atoms with van der Waals surface area (Å²) in [6.07, 6.45) is 0. The molecule has 0 aliphatic carbocycles. The van der Waals surface area contributed by atoms with E-state index in [1.807, 2.05) is 6.07 Å². The van der Waals surface area contributed by atoms with Crippen LogP contribution in [0.5, 0.6) is 0 Å². The largest absolute Gasteiger partial charge is 0.399 e. The van der Waals surface area contributed by atoms with Crippen LogP contribution >= 0.6 is 0 Å². The topological polar surface area (TPSA) is 168 Å². The van der Waals surface area contributed by atoms with Gasteiger partial charge < -0.3 is 16.4 Å². The van der Waals surface area contributed by atoms with Crippen LogP contribution in [0.15, 0.2) is 60.7 Å². The van der Waals surface area contributed by atoms with E-state index in [0.717, 1.165) is 10.3 Å². The van der Waals surface area contributed by atoms with Gasteiger partial charge in [-0.05, 0) is 35.0 Å². The second-order valence-corrected chi connectivity index (χ2v) is 10.2. The van der Waals surface area contributed by atoms with Crippen molar-refractivity contribution < 1.29 is 24.1 Å². The summed E-state index contributed by atoms with van der Waals surface area (Å²) in [5.41, 5.74) is 7.58. The van der Waals surface area contributed by atoms with Crippen molar-refractivity contribution in [2.45, 2.75) is 0 Å². The number of nitrogens with two attached hydrogens (primary N) is 1. The normalized spacial score (nSPS) is 14.4. The van der Waals surface area contributed by atoms with Crippen LogP contribution in [0.1, 0.15) is 41.4 Å². The zero-order chi connectivity index (χ0) is 29.5. The minimum absolute atomic E-state index is 0.0844. The molecule has 12 nitrogen and oxygen atoms in total. The number of nitro groups is 1. The number of anilines is 1. The summed E-state index contributed by atoms with van der Waals surface area (Å²) >= 11 is 0. The summed E-state index contributed by atoms with van der Waals surface area (Å²) < 4.78 is 0. The standard InChI is InChI=1S/C30H26N6O6/c31-19-13-17-3-1-5-21-25(17)23(15-19)29(39)34(27(21)37)11-9-32-7-8-33-10-12-35-28(38)22-6-2-4-18-14-20(36(41)42)16-24(26(18)22)30(35)40/h1-6,13-16,32-33H,7-12,31H2. The van der Waals surface area contributed by atoms with Crippen molar-refractivity contribution in [2.24, 2.45) is 0 Å². The number of benzene rings is 4. The molecule has 0 bridgehead atoms. The molecule has 0 unspecified atom stereocenters. The van der Waals surface area contributed by atoms with E-state index in [1.165, 1.54) is 17.0 Å². The van der Waals surface area contributed by atoms with Crippen LogP contribution in [-0.2, 0) is 0 Å². The number of nitrogens with zero attached hydrogens (tertiary/aromatic N) is 3. The van der Waals surface area contributed by atoms with Gasteiger partial charge in [0.05, 0.1) is 16.1 Å². The van der Waals surface area contributed by atoms with Crippen LogP contribution in [0.2, 0.25) is 0 Å². The fourth-order valence-electron chi connectivity index (χ4n) is 5.64. The first-order valence-electron chi connectivity index (χ1n) is 13.4. The second kappa shape index (κ2) is 10.7. The van der Waals surface area contributed by atoms with Crippen molar-refractivity contribution in [2.75, 3.05) is 45.0 Å². The van der Waals surface area contributed by atoms with Gasteiger partial charge in [0, 0.05) is 79.0 Å². The van der Waals surface area contributed by atoms with Gasteiger partial charge in [-0.2, -0.15) is 0 Å². The highest BCUT2D eigenvalue weighted by Gasteiger charge is 2.34. The fraction of sp³-hybridized carbons (Fsp3) is 0.200. The molecule has 4 amide bonds. The molecule has 4 aromatic carbocycles. The summed E-state index contributed by atoms with van der Waals surface area (Å²) in [5, 5.41) is 20.0. The Hall–Kier alpha value is -5.20. The molecule has 0 atom stereocenters. The Labute approximate surface area is 239 Å². The molecular weight excluding hydrogens is 540 g/mol. The lowest BCUT2D eigenvalue weighted by Crippen LogP contribution is -2.45. The van der Waals surface area contributed by atoms with Gasteiger partial charge in [0.1, 0.15) is 0 Å². The molecule has 0 fully saturated rings. The Bertz CT molecular complexity index is 1840. The minimum Gasteiger partial charge on any atom is -0.399 e. The minimum atomic E-state index is -0.567. The molecule has 2 aliphatic rings. The summed E-state index contributed by atoms with van der Waals surface area (Å²) in [6.45, 7) is 1.94. The Morgan fingerprint density at radius 2 is 1.12 bits per heavy atom. The molecule has 42 heavy (non-hydrogen) atoms. The molecule has 0 saturated heterocycles. The Morgan fingerprint density at radius 1 is 0.643 bits per heavy atom. The summed E-state index contributed by atoms with van der Waals surface area (Å²) in [6, 6.07) is 16.1. The van der Waals surface area contributed by atoms with Crippen molar-refractivity contribution in [3.05, 3.63) is 93.0 Å². The van der Waals surface area contributed by atoms with Crippen molar-refractivity contribution in [3.63, 3.8) is 0 Å². The molecule has 0 aromatic heterocycles. The molecule has 0 spiro atoms. The van der Waals surface area contributed by atoms with Crippen LogP contribution in [0.4, 0.5) is 11.4 Å². The third-order valence-corrected chi connectivity index (χ3v) is 7.58. The molecule has 6 rings (SSSR count). The van der Waals surface area contributed by atoms with E-state index >= 15 is 0 Å². The van der Waals surface area contributed by atoms with Gasteiger partial charge in [-0.15, -0.1) is 0 Å². The number of non-ortho nitro benzene ring substituents is 1. The maximum absolute atomic E-state index is 13.1. The van der Waals surface area contributed by atoms with Crippen molar-refractivity contribution in [1.29, 1.82) is 0 Å². The Morgan fingerprint density at radius 3 is 1.64 bits per heavy atom. The summed E-state index contributed by atoms with van der Waals surface area (Å²) in [4.78, 5) is 65.4. The van der Waals surface area contributed by atoms with Crippen molar-refractivity contribution in [1.82, 2.24) is 20.4 Å². The molecule has 4 N–H and O–H groups in total. The van der Waals surface area contributed by atoms with Gasteiger partial charge in [-0.1, -0.05) is 24.3 Å². The number of carbonyl (C=O) groups excluding carboxylic acids is 4. The smallest absolute Gasteiger partial charge is 0.270 e. The highest BCUT2D eigenvalue weighted by molar-refractivity contribution is 6.26. The number of hydrogen-bond donors (Lipinski definition) is 3. The number of imide groups is 2. The van der Waals surface area contributed by atoms with Crippen LogP contribution < -0.4 is 16.4 Å². The predicted octanol–water partition coefficient (Wildman–Crippen LogP) is 2.55. The number of rotatable bonds is 10. The van der Waals surface area contributed by atoms with Gasteiger partial charge in [0.25, 0.3) is 29.3 Å². The third-order valence-electron chi connectivity index (χ3n) is 7.58. The van der Waals surface area contributed by atoms with Crippen LogP contribution in [0, 0.1) is 10.1 Å². The average Bonchev–Trinajstić information content (AvgIpc) is 2.98. The third kappa shape index (κ3) is 4.52. The molecular formula is C30H26N6O6. The monoisotopic (exact) mass is 566 g/mol. The van der Waals surface area contributed by atoms with Gasteiger partial charge >= 0.3 is 0 Å². The first-order chi connectivity index (χ1) is 20.3. The maximum atomic E-state index is 13.1. The number of carbonyl (C=O) groups is 4. The SMILES string of the molecule is Nc1cc2c3c(cccc3c1)C(=O)N(CCNCCNCCN1C(=O)c3cccc4cc([N+](=O)[O-])cc(c34)C1=O)C2=O. The van der Waals surface area contributed by atoms with E-state index in [-0.39, 0.29) is 36.2 Å². The second-order valence-electron chi connectivity index (χ2n) is 10.2. The zero-order valence-corrected chi connectivity index (χ0v) is 22.4. The highest BCUT2D eigenvalue weighted by Crippen LogP contribution is 2.34. The number of amides is 4. The predicted molar refractivity (Wildman–Crippen MR) is 155 cm³/mol. The molecule has 0 radical (unpaired) electrons. The Balaban J connectivity index is 1.00. The van der Waals surface area contributed by atoms with Gasteiger partial charge in [-0.3, -0.25) is 39.1 Å². The van der Waals surface area contributed by atoms with E-state index in [4.69, 9.17) is 5.73 Å². The van der Waals surface area contributed by atoms with E-state index in [1.54, 1.807) is 42.5 Å². The van der Waals surface area contributed by atoms with Crippen LogP contribution in [0.3, 0.4) is 0 Å². The fourth-order valence-corrected chi connectivity index (χ4v) is 5.64. The molecule has 4 aromatic rings. The molecule has 0 saturated carbocycles. The molecule has 212 valence electrons. The quantitative estimate of drug-likeness (QED) is 0.0859. The molecule has 12 heteroatoms. The van der Waals surface area contributed by atoms with Gasteiger partial charge in [-0.25, -0.2) is 0 Å².